The second-order valence-electron chi connectivity index (χ2n) is 6.58. The number of thioether (sulfide) groups is 2. The molecule has 0 spiro atoms. The highest BCUT2D eigenvalue weighted by molar-refractivity contribution is 8.14. The van der Waals surface area contributed by atoms with Gasteiger partial charge >= 0.3 is 0 Å². The summed E-state index contributed by atoms with van der Waals surface area (Å²) >= 11 is 2.30. The van der Waals surface area contributed by atoms with Crippen molar-refractivity contribution in [2.24, 2.45) is 0 Å². The van der Waals surface area contributed by atoms with Crippen LogP contribution >= 0.6 is 23.5 Å². The van der Waals surface area contributed by atoms with Crippen LogP contribution in [0, 0.1) is 0 Å². The second-order valence-corrected chi connectivity index (χ2v) is 8.74. The van der Waals surface area contributed by atoms with Crippen molar-refractivity contribution in [3.63, 3.8) is 0 Å². The molecule has 3 rings (SSSR count). The van der Waals surface area contributed by atoms with E-state index in [1.54, 1.807) is 0 Å². The summed E-state index contributed by atoms with van der Waals surface area (Å²) in [6.45, 7) is 7.40. The number of benzene rings is 3. The van der Waals surface area contributed by atoms with Gasteiger partial charge in [0.05, 0.1) is 0 Å². The number of rotatable bonds is 9. The Morgan fingerprint density at radius 1 is 0.719 bits per heavy atom. The van der Waals surface area contributed by atoms with Crippen molar-refractivity contribution in [3.05, 3.63) is 110 Å². The lowest BCUT2D eigenvalue weighted by atomic mass is 10.0. The smallest absolute Gasteiger partial charge is 0.216 e. The Hall–Kier alpha value is -3.28. The molecule has 0 heterocycles. The zero-order chi connectivity index (χ0) is 22.8. The third kappa shape index (κ3) is 7.15. The van der Waals surface area contributed by atoms with Crippen LogP contribution < -0.4 is 4.74 Å². The maximum atomic E-state index is 11.4. The zero-order valence-electron chi connectivity index (χ0n) is 17.4. The molecule has 0 fully saturated rings. The Bertz CT molecular complexity index is 1110. The first kappa shape index (κ1) is 23.4. The van der Waals surface area contributed by atoms with E-state index in [2.05, 4.69) is 37.4 Å². The monoisotopic (exact) mass is 458 g/mol. The van der Waals surface area contributed by atoms with E-state index in [-0.39, 0.29) is 10.2 Å². The van der Waals surface area contributed by atoms with Gasteiger partial charge in [-0.15, -0.1) is 0 Å². The molecule has 3 aromatic carbocycles. The molecule has 0 radical (unpaired) electrons. The molecule has 32 heavy (non-hydrogen) atoms. The van der Waals surface area contributed by atoms with Crippen LogP contribution in [0.4, 0.5) is 0 Å². The lowest BCUT2D eigenvalue weighted by molar-refractivity contribution is -0.107. The van der Waals surface area contributed by atoms with Crippen molar-refractivity contribution in [1.82, 2.24) is 0 Å². The topological polar surface area (TPSA) is 43.4 Å². The summed E-state index contributed by atoms with van der Waals surface area (Å²) in [5.74, 6) is 0.747. The Morgan fingerprint density at radius 2 is 1.19 bits per heavy atom. The molecule has 0 amide bonds. The van der Waals surface area contributed by atoms with E-state index < -0.39 is 0 Å². The number of carbonyl (C=O) groups excluding carboxylic acids is 2. The van der Waals surface area contributed by atoms with Crippen LogP contribution in [0.15, 0.2) is 114 Å². The van der Waals surface area contributed by atoms with E-state index in [1.165, 1.54) is 23.9 Å². The average Bonchev–Trinajstić information content (AvgIpc) is 2.83. The predicted octanol–water partition coefficient (Wildman–Crippen LogP) is 7.06. The Labute approximate surface area is 196 Å². The van der Waals surface area contributed by atoms with E-state index in [9.17, 15) is 9.59 Å². The quantitative estimate of drug-likeness (QED) is 0.254. The molecule has 0 N–H and O–H groups in total. The van der Waals surface area contributed by atoms with Crippen LogP contribution in [0.2, 0.25) is 0 Å². The second kappa shape index (κ2) is 11.9. The van der Waals surface area contributed by atoms with E-state index in [0.717, 1.165) is 44.0 Å². The van der Waals surface area contributed by atoms with Gasteiger partial charge in [-0.3, -0.25) is 9.59 Å². The fraction of sp³-hybridized carbons (Fsp3) is 0.0370. The van der Waals surface area contributed by atoms with Crippen LogP contribution in [-0.4, -0.2) is 16.8 Å². The molecule has 0 bridgehead atoms. The zero-order valence-corrected chi connectivity index (χ0v) is 19.0. The average molecular weight is 459 g/mol. The molecule has 3 nitrogen and oxygen atoms in total. The maximum Gasteiger partial charge on any atom is 0.216 e. The molecular formula is C27H22O3S2. The fourth-order valence-electron chi connectivity index (χ4n) is 2.75. The summed E-state index contributed by atoms with van der Waals surface area (Å²) in [4.78, 5) is 24.6. The van der Waals surface area contributed by atoms with Crippen LogP contribution in [-0.2, 0) is 9.59 Å². The number of carbonyl (C=O) groups is 2. The highest BCUT2D eigenvalue weighted by atomic mass is 32.2. The minimum atomic E-state index is -0.0800. The molecule has 160 valence electrons. The normalized spacial score (nSPS) is 10.6. The van der Waals surface area contributed by atoms with Crippen molar-refractivity contribution < 1.29 is 14.3 Å². The van der Waals surface area contributed by atoms with Gasteiger partial charge in [-0.25, -0.2) is 0 Å². The summed E-state index contributed by atoms with van der Waals surface area (Å²) in [5, 5.41) is -0.141. The lowest BCUT2D eigenvalue weighted by Crippen LogP contribution is -1.93. The van der Waals surface area contributed by atoms with Crippen LogP contribution in [0.3, 0.4) is 0 Å². The molecule has 0 aliphatic heterocycles. The van der Waals surface area contributed by atoms with Gasteiger partial charge in [-0.2, -0.15) is 0 Å². The van der Waals surface area contributed by atoms with E-state index in [4.69, 9.17) is 4.74 Å². The SMILES string of the molecule is C=CC(=O)Sc1ccc(OCC=Cc2ccc(-c3ccc(SC(=O)C=C)cc3)cc2)cc1. The molecule has 0 aromatic heterocycles. The van der Waals surface area contributed by atoms with Crippen molar-refractivity contribution in [2.75, 3.05) is 6.61 Å². The number of ether oxygens (including phenoxy) is 1. The number of hydrogen-bond acceptors (Lipinski definition) is 5. The van der Waals surface area contributed by atoms with E-state index >= 15 is 0 Å². The summed E-state index contributed by atoms with van der Waals surface area (Å²) in [7, 11) is 0. The largest absolute Gasteiger partial charge is 0.490 e. The molecule has 0 saturated heterocycles. The van der Waals surface area contributed by atoms with E-state index in [1.807, 2.05) is 60.7 Å². The van der Waals surface area contributed by atoms with Gasteiger partial charge in [0.25, 0.3) is 0 Å². The van der Waals surface area contributed by atoms with Gasteiger partial charge in [0.1, 0.15) is 12.4 Å². The van der Waals surface area contributed by atoms with Gasteiger partial charge < -0.3 is 4.74 Å². The highest BCUT2D eigenvalue weighted by Crippen LogP contribution is 2.25. The molecule has 0 aliphatic carbocycles. The third-order valence-electron chi connectivity index (χ3n) is 4.35. The molecule has 0 saturated carbocycles. The summed E-state index contributed by atoms with van der Waals surface area (Å²) in [6.07, 6.45) is 6.59. The van der Waals surface area contributed by atoms with Crippen LogP contribution in [0.1, 0.15) is 5.56 Å². The Kier molecular flexibility index (Phi) is 8.72. The van der Waals surface area contributed by atoms with Crippen molar-refractivity contribution in [1.29, 1.82) is 0 Å². The van der Waals surface area contributed by atoms with Gasteiger partial charge in [0.2, 0.25) is 10.2 Å². The number of hydrogen-bond donors (Lipinski definition) is 0. The molecule has 0 unspecified atom stereocenters. The molecule has 0 atom stereocenters. The first-order valence-corrected chi connectivity index (χ1v) is 11.5. The van der Waals surface area contributed by atoms with Gasteiger partial charge in [-0.1, -0.05) is 55.6 Å². The first-order valence-electron chi connectivity index (χ1n) is 9.86. The molecule has 0 aliphatic rings. The minimum Gasteiger partial charge on any atom is -0.490 e. The highest BCUT2D eigenvalue weighted by Gasteiger charge is 2.03. The summed E-state index contributed by atoms with van der Waals surface area (Å²) in [6, 6.07) is 23.5. The summed E-state index contributed by atoms with van der Waals surface area (Å²) in [5.41, 5.74) is 3.28. The van der Waals surface area contributed by atoms with Crippen LogP contribution in [0.25, 0.3) is 17.2 Å². The summed E-state index contributed by atoms with van der Waals surface area (Å²) < 4.78 is 5.72. The first-order chi connectivity index (χ1) is 15.6. The lowest BCUT2D eigenvalue weighted by Gasteiger charge is -2.05. The van der Waals surface area contributed by atoms with Crippen molar-refractivity contribution in [3.8, 4) is 16.9 Å². The van der Waals surface area contributed by atoms with Gasteiger partial charge in [0, 0.05) is 9.79 Å². The van der Waals surface area contributed by atoms with Gasteiger partial charge in [-0.05, 0) is 94.8 Å². The standard InChI is InChI=1S/C27H22O3S2/c1-3-26(28)31-24-15-11-22(12-16-24)21-9-7-20(8-10-21)6-5-19-30-23-13-17-25(18-14-23)32-27(29)4-2/h3-18H,1-2,19H2. The van der Waals surface area contributed by atoms with E-state index in [0.29, 0.717) is 6.61 Å². The van der Waals surface area contributed by atoms with Crippen molar-refractivity contribution in [2.45, 2.75) is 9.79 Å². The third-order valence-corrected chi connectivity index (χ3v) is 6.10. The maximum absolute atomic E-state index is 11.4. The fourth-order valence-corrected chi connectivity index (χ4v) is 3.93. The Balaban J connectivity index is 1.51. The van der Waals surface area contributed by atoms with Crippen LogP contribution in [0.5, 0.6) is 5.75 Å². The molecule has 3 aromatic rings. The van der Waals surface area contributed by atoms with Crippen molar-refractivity contribution >= 4 is 39.8 Å². The Morgan fingerprint density at radius 3 is 1.69 bits per heavy atom. The molecule has 5 heteroatoms. The predicted molar refractivity (Wildman–Crippen MR) is 135 cm³/mol. The van der Waals surface area contributed by atoms with Gasteiger partial charge in [0.15, 0.2) is 0 Å². The minimum absolute atomic E-state index is 0.0612. The molecular weight excluding hydrogens is 436 g/mol.